The summed E-state index contributed by atoms with van der Waals surface area (Å²) in [6, 6.07) is 15.7. The molecule has 118 valence electrons. The molecule has 5 nitrogen and oxygen atoms in total. The first-order valence-electron chi connectivity index (χ1n) is 7.38. The van der Waals surface area contributed by atoms with E-state index >= 15 is 0 Å². The lowest BCUT2D eigenvalue weighted by molar-refractivity contribution is -0.117. The first-order chi connectivity index (χ1) is 11.3. The van der Waals surface area contributed by atoms with E-state index in [2.05, 4.69) is 10.6 Å². The summed E-state index contributed by atoms with van der Waals surface area (Å²) in [5.41, 5.74) is 0.887. The highest BCUT2D eigenvalue weighted by Gasteiger charge is 2.08. The van der Waals surface area contributed by atoms with E-state index in [1.54, 1.807) is 7.11 Å². The number of benzene rings is 2. The van der Waals surface area contributed by atoms with E-state index in [1.807, 2.05) is 48.5 Å². The number of carbonyl (C=O) groups excluding carboxylic acids is 1. The fourth-order valence-corrected chi connectivity index (χ4v) is 2.16. The summed E-state index contributed by atoms with van der Waals surface area (Å²) in [6.45, 7) is 1.04. The predicted molar refractivity (Wildman–Crippen MR) is 90.8 cm³/mol. The molecule has 2 N–H and O–H groups in total. The fourth-order valence-electron chi connectivity index (χ4n) is 2.16. The van der Waals surface area contributed by atoms with Crippen LogP contribution in [0.1, 0.15) is 6.42 Å². The van der Waals surface area contributed by atoms with Gasteiger partial charge in [0.2, 0.25) is 0 Å². The molecule has 0 aliphatic heterocycles. The van der Waals surface area contributed by atoms with Gasteiger partial charge in [0, 0.05) is 37.5 Å². The van der Waals surface area contributed by atoms with Gasteiger partial charge in [-0.2, -0.15) is 5.26 Å². The molecule has 0 bridgehead atoms. The minimum atomic E-state index is -0.392. The molecule has 2 aromatic rings. The van der Waals surface area contributed by atoms with Crippen molar-refractivity contribution in [3.05, 3.63) is 54.2 Å². The van der Waals surface area contributed by atoms with Crippen LogP contribution < -0.4 is 10.6 Å². The lowest BCUT2D eigenvalue weighted by Crippen LogP contribution is -2.26. The van der Waals surface area contributed by atoms with Gasteiger partial charge in [0.05, 0.1) is 0 Å². The normalized spacial score (nSPS) is 11.0. The van der Waals surface area contributed by atoms with Gasteiger partial charge in [-0.05, 0) is 17.9 Å². The van der Waals surface area contributed by atoms with Gasteiger partial charge >= 0.3 is 0 Å². The molecule has 0 aliphatic carbocycles. The SMILES string of the molecule is COCCCNC(=O)/C(C#N)=C\Nc1cccc2ccccc12. The van der Waals surface area contributed by atoms with Crippen LogP contribution in [0.4, 0.5) is 5.69 Å². The molecule has 23 heavy (non-hydrogen) atoms. The summed E-state index contributed by atoms with van der Waals surface area (Å²) in [5, 5.41) is 17.0. The molecule has 5 heteroatoms. The highest BCUT2D eigenvalue weighted by molar-refractivity contribution is 5.98. The standard InChI is InChI=1S/C18H19N3O2/c1-23-11-5-10-20-18(22)15(12-19)13-21-17-9-4-7-14-6-2-3-8-16(14)17/h2-4,6-9,13,21H,5,10-11H2,1H3,(H,20,22)/b15-13-. The van der Waals surface area contributed by atoms with Crippen molar-refractivity contribution in [2.75, 3.05) is 25.6 Å². The molecule has 0 atom stereocenters. The van der Waals surface area contributed by atoms with Crippen LogP contribution in [0.25, 0.3) is 10.8 Å². The number of nitriles is 1. The Kier molecular flexibility index (Phi) is 6.16. The Hall–Kier alpha value is -2.84. The number of nitrogens with zero attached hydrogens (tertiary/aromatic N) is 1. The number of hydrogen-bond acceptors (Lipinski definition) is 4. The minimum Gasteiger partial charge on any atom is -0.385 e. The Morgan fingerprint density at radius 2 is 2.04 bits per heavy atom. The number of ether oxygens (including phenoxy) is 1. The molecular weight excluding hydrogens is 290 g/mol. The molecule has 0 fully saturated rings. The van der Waals surface area contributed by atoms with E-state index < -0.39 is 5.91 Å². The van der Waals surface area contributed by atoms with Crippen LogP contribution in [-0.2, 0) is 9.53 Å². The zero-order valence-corrected chi connectivity index (χ0v) is 13.0. The number of anilines is 1. The predicted octanol–water partition coefficient (Wildman–Crippen LogP) is 2.81. The van der Waals surface area contributed by atoms with Crippen LogP contribution in [-0.4, -0.2) is 26.2 Å². The van der Waals surface area contributed by atoms with E-state index in [0.29, 0.717) is 19.6 Å². The van der Waals surface area contributed by atoms with Crippen molar-refractivity contribution in [1.82, 2.24) is 5.32 Å². The molecule has 0 radical (unpaired) electrons. The minimum absolute atomic E-state index is 0.0374. The Morgan fingerprint density at radius 1 is 1.26 bits per heavy atom. The number of carbonyl (C=O) groups is 1. The number of nitrogens with one attached hydrogen (secondary N) is 2. The number of methoxy groups -OCH3 is 1. The van der Waals surface area contributed by atoms with Gasteiger partial charge in [-0.25, -0.2) is 0 Å². The zero-order valence-electron chi connectivity index (χ0n) is 13.0. The first-order valence-corrected chi connectivity index (χ1v) is 7.38. The second kappa shape index (κ2) is 8.57. The van der Waals surface area contributed by atoms with Crippen molar-refractivity contribution in [3.8, 4) is 6.07 Å². The van der Waals surface area contributed by atoms with E-state index in [1.165, 1.54) is 6.20 Å². The van der Waals surface area contributed by atoms with E-state index in [9.17, 15) is 4.79 Å². The van der Waals surface area contributed by atoms with Crippen molar-refractivity contribution < 1.29 is 9.53 Å². The fraction of sp³-hybridized carbons (Fsp3) is 0.222. The van der Waals surface area contributed by atoms with Gasteiger partial charge in [0.25, 0.3) is 5.91 Å². The molecular formula is C18H19N3O2. The summed E-state index contributed by atoms with van der Waals surface area (Å²) in [7, 11) is 1.61. The third-order valence-corrected chi connectivity index (χ3v) is 3.34. The molecule has 0 aliphatic rings. The van der Waals surface area contributed by atoms with Crippen molar-refractivity contribution in [3.63, 3.8) is 0 Å². The second-order valence-electron chi connectivity index (χ2n) is 4.94. The van der Waals surface area contributed by atoms with Crippen molar-refractivity contribution in [1.29, 1.82) is 5.26 Å². The van der Waals surface area contributed by atoms with Crippen molar-refractivity contribution >= 4 is 22.4 Å². The summed E-state index contributed by atoms with van der Waals surface area (Å²) in [4.78, 5) is 11.9. The molecule has 0 unspecified atom stereocenters. The second-order valence-corrected chi connectivity index (χ2v) is 4.94. The Balaban J connectivity index is 2.07. The summed E-state index contributed by atoms with van der Waals surface area (Å²) >= 11 is 0. The van der Waals surface area contributed by atoms with Crippen LogP contribution >= 0.6 is 0 Å². The van der Waals surface area contributed by atoms with Crippen LogP contribution in [0.15, 0.2) is 54.2 Å². The van der Waals surface area contributed by atoms with Crippen molar-refractivity contribution in [2.45, 2.75) is 6.42 Å². The maximum absolute atomic E-state index is 11.9. The van der Waals surface area contributed by atoms with Crippen LogP contribution in [0.5, 0.6) is 0 Å². The molecule has 0 saturated carbocycles. The van der Waals surface area contributed by atoms with Crippen LogP contribution in [0, 0.1) is 11.3 Å². The third-order valence-electron chi connectivity index (χ3n) is 3.34. The number of hydrogen-bond donors (Lipinski definition) is 2. The van der Waals surface area contributed by atoms with Gasteiger partial charge in [0.1, 0.15) is 11.6 Å². The zero-order chi connectivity index (χ0) is 16.5. The third kappa shape index (κ3) is 4.56. The van der Waals surface area contributed by atoms with Gasteiger partial charge in [-0.3, -0.25) is 4.79 Å². The highest BCUT2D eigenvalue weighted by Crippen LogP contribution is 2.23. The molecule has 1 amide bonds. The van der Waals surface area contributed by atoms with Crippen LogP contribution in [0.3, 0.4) is 0 Å². The quantitative estimate of drug-likeness (QED) is 0.468. The molecule has 0 spiro atoms. The number of fused-ring (bicyclic) bond motifs is 1. The van der Waals surface area contributed by atoms with E-state index in [4.69, 9.17) is 10.00 Å². The van der Waals surface area contributed by atoms with E-state index in [-0.39, 0.29) is 5.57 Å². The first kappa shape index (κ1) is 16.5. The summed E-state index contributed by atoms with van der Waals surface area (Å²) < 4.78 is 4.91. The maximum atomic E-state index is 11.9. The summed E-state index contributed by atoms with van der Waals surface area (Å²) in [5.74, 6) is -0.392. The molecule has 0 aromatic heterocycles. The topological polar surface area (TPSA) is 74.1 Å². The van der Waals surface area contributed by atoms with Gasteiger partial charge < -0.3 is 15.4 Å². The average molecular weight is 309 g/mol. The largest absolute Gasteiger partial charge is 0.385 e. The van der Waals surface area contributed by atoms with Gasteiger partial charge in [-0.15, -0.1) is 0 Å². The maximum Gasteiger partial charge on any atom is 0.263 e. The Labute approximate surface area is 135 Å². The molecule has 2 rings (SSSR count). The smallest absolute Gasteiger partial charge is 0.263 e. The van der Waals surface area contributed by atoms with Crippen LogP contribution in [0.2, 0.25) is 0 Å². The molecule has 2 aromatic carbocycles. The van der Waals surface area contributed by atoms with Gasteiger partial charge in [0.15, 0.2) is 0 Å². The monoisotopic (exact) mass is 309 g/mol. The number of amides is 1. The molecule has 0 saturated heterocycles. The Morgan fingerprint density at radius 3 is 2.83 bits per heavy atom. The van der Waals surface area contributed by atoms with E-state index in [0.717, 1.165) is 16.5 Å². The Bertz CT molecular complexity index is 742. The lowest BCUT2D eigenvalue weighted by atomic mass is 10.1. The average Bonchev–Trinajstić information content (AvgIpc) is 2.59. The molecule has 0 heterocycles. The van der Waals surface area contributed by atoms with Gasteiger partial charge in [-0.1, -0.05) is 36.4 Å². The number of rotatable bonds is 7. The highest BCUT2D eigenvalue weighted by atomic mass is 16.5. The van der Waals surface area contributed by atoms with Crippen molar-refractivity contribution in [2.24, 2.45) is 0 Å². The summed E-state index contributed by atoms with van der Waals surface area (Å²) in [6.07, 6.45) is 2.14. The lowest BCUT2D eigenvalue weighted by Gasteiger charge is -2.07.